The number of carboxylic acids is 1. The summed E-state index contributed by atoms with van der Waals surface area (Å²) in [7, 11) is 1.57. The molecular weight excluding hydrogens is 306 g/mol. The van der Waals surface area contributed by atoms with Gasteiger partial charge in [-0.1, -0.05) is 37.3 Å². The van der Waals surface area contributed by atoms with E-state index < -0.39 is 17.8 Å². The zero-order valence-electron chi connectivity index (χ0n) is 13.7. The molecule has 2 aromatic carbocycles. The first-order valence-corrected chi connectivity index (χ1v) is 7.73. The van der Waals surface area contributed by atoms with E-state index in [0.29, 0.717) is 11.4 Å². The van der Waals surface area contributed by atoms with Gasteiger partial charge in [0.2, 0.25) is 5.91 Å². The molecule has 0 aliphatic rings. The molecule has 0 heterocycles. The van der Waals surface area contributed by atoms with Crippen molar-refractivity contribution in [2.45, 2.75) is 13.3 Å². The molecule has 1 amide bonds. The van der Waals surface area contributed by atoms with E-state index in [4.69, 9.17) is 4.74 Å². The van der Waals surface area contributed by atoms with Crippen LogP contribution >= 0.6 is 0 Å². The summed E-state index contributed by atoms with van der Waals surface area (Å²) in [5.74, 6) is -2.05. The largest absolute Gasteiger partial charge is 0.497 e. The highest BCUT2D eigenvalue weighted by Crippen LogP contribution is 2.22. The summed E-state index contributed by atoms with van der Waals surface area (Å²) < 4.78 is 5.09. The van der Waals surface area contributed by atoms with Gasteiger partial charge in [-0.05, 0) is 36.2 Å². The minimum absolute atomic E-state index is 0.280. The molecule has 0 spiro atoms. The second-order valence-corrected chi connectivity index (χ2v) is 5.64. The fourth-order valence-electron chi connectivity index (χ4n) is 2.45. The highest BCUT2D eigenvalue weighted by atomic mass is 16.5. The molecule has 0 aliphatic carbocycles. The first kappa shape index (κ1) is 17.5. The van der Waals surface area contributed by atoms with E-state index >= 15 is 0 Å². The van der Waals surface area contributed by atoms with E-state index in [9.17, 15) is 14.7 Å². The summed E-state index contributed by atoms with van der Waals surface area (Å²) >= 11 is 0. The van der Waals surface area contributed by atoms with Crippen LogP contribution in [0.1, 0.15) is 12.5 Å². The van der Waals surface area contributed by atoms with Gasteiger partial charge in [-0.25, -0.2) is 0 Å². The van der Waals surface area contributed by atoms with Crippen LogP contribution in [0.25, 0.3) is 0 Å². The molecule has 0 radical (unpaired) electrons. The highest BCUT2D eigenvalue weighted by molar-refractivity contribution is 5.94. The molecule has 0 saturated heterocycles. The normalized spacial score (nSPS) is 12.9. The number of aliphatic carboxylic acids is 1. The average Bonchev–Trinajstić information content (AvgIpc) is 2.60. The molecular formula is C19H21NO4. The van der Waals surface area contributed by atoms with Gasteiger partial charge in [0.1, 0.15) is 5.75 Å². The van der Waals surface area contributed by atoms with E-state index in [0.717, 1.165) is 5.56 Å². The summed E-state index contributed by atoms with van der Waals surface area (Å²) in [5, 5.41) is 12.3. The SMILES string of the molecule is COc1ccc(C[C@@H](C(=O)O)[C@H](C)C(=O)Nc2ccccc2)cc1. The van der Waals surface area contributed by atoms with Crippen molar-refractivity contribution in [1.82, 2.24) is 0 Å². The van der Waals surface area contributed by atoms with Crippen molar-refractivity contribution in [3.8, 4) is 5.75 Å². The lowest BCUT2D eigenvalue weighted by Crippen LogP contribution is -2.33. The average molecular weight is 327 g/mol. The van der Waals surface area contributed by atoms with Gasteiger partial charge in [-0.15, -0.1) is 0 Å². The highest BCUT2D eigenvalue weighted by Gasteiger charge is 2.30. The first-order valence-electron chi connectivity index (χ1n) is 7.73. The van der Waals surface area contributed by atoms with Crippen molar-refractivity contribution in [3.63, 3.8) is 0 Å². The van der Waals surface area contributed by atoms with E-state index in [1.165, 1.54) is 0 Å². The van der Waals surface area contributed by atoms with Gasteiger partial charge in [0.05, 0.1) is 13.0 Å². The lowest BCUT2D eigenvalue weighted by Gasteiger charge is -2.20. The molecule has 0 unspecified atom stereocenters. The van der Waals surface area contributed by atoms with Crippen LogP contribution in [0.5, 0.6) is 5.75 Å². The number of carbonyl (C=O) groups excluding carboxylic acids is 1. The van der Waals surface area contributed by atoms with Crippen LogP contribution in [0.2, 0.25) is 0 Å². The van der Waals surface area contributed by atoms with Gasteiger partial charge >= 0.3 is 5.97 Å². The molecule has 0 aromatic heterocycles. The van der Waals surface area contributed by atoms with Crippen molar-refractivity contribution < 1.29 is 19.4 Å². The second-order valence-electron chi connectivity index (χ2n) is 5.64. The Morgan fingerprint density at radius 3 is 2.25 bits per heavy atom. The fourth-order valence-corrected chi connectivity index (χ4v) is 2.45. The lowest BCUT2D eigenvalue weighted by atomic mass is 9.87. The number of carbonyl (C=O) groups is 2. The predicted octanol–water partition coefficient (Wildman–Crippen LogP) is 3.21. The lowest BCUT2D eigenvalue weighted by molar-refractivity contribution is -0.145. The maximum atomic E-state index is 12.4. The number of hydrogen-bond donors (Lipinski definition) is 2. The summed E-state index contributed by atoms with van der Waals surface area (Å²) in [6.45, 7) is 1.64. The third-order valence-electron chi connectivity index (χ3n) is 3.99. The van der Waals surface area contributed by atoms with Crippen LogP contribution < -0.4 is 10.1 Å². The molecule has 0 bridgehead atoms. The van der Waals surface area contributed by atoms with Crippen molar-refractivity contribution in [3.05, 3.63) is 60.2 Å². The molecule has 0 aliphatic heterocycles. The Morgan fingerprint density at radius 2 is 1.71 bits per heavy atom. The molecule has 5 heteroatoms. The number of anilines is 1. The van der Waals surface area contributed by atoms with Gasteiger partial charge in [0.15, 0.2) is 0 Å². The third-order valence-corrected chi connectivity index (χ3v) is 3.99. The van der Waals surface area contributed by atoms with E-state index in [1.807, 2.05) is 30.3 Å². The number of ether oxygens (including phenoxy) is 1. The Morgan fingerprint density at radius 1 is 1.08 bits per heavy atom. The van der Waals surface area contributed by atoms with Crippen LogP contribution in [0.4, 0.5) is 5.69 Å². The Labute approximate surface area is 141 Å². The minimum atomic E-state index is -0.985. The fraction of sp³-hybridized carbons (Fsp3) is 0.263. The van der Waals surface area contributed by atoms with Gasteiger partial charge in [0, 0.05) is 11.6 Å². The number of amides is 1. The summed E-state index contributed by atoms with van der Waals surface area (Å²) in [4.78, 5) is 24.0. The van der Waals surface area contributed by atoms with Gasteiger partial charge in [0.25, 0.3) is 0 Å². The maximum Gasteiger partial charge on any atom is 0.307 e. The first-order chi connectivity index (χ1) is 11.5. The number of carboxylic acid groups (broad SMARTS) is 1. The predicted molar refractivity (Wildman–Crippen MR) is 92.1 cm³/mol. The number of benzene rings is 2. The van der Waals surface area contributed by atoms with Crippen molar-refractivity contribution >= 4 is 17.6 Å². The van der Waals surface area contributed by atoms with Crippen LogP contribution in [0, 0.1) is 11.8 Å². The molecule has 0 saturated carbocycles. The molecule has 24 heavy (non-hydrogen) atoms. The molecule has 2 rings (SSSR count). The number of hydrogen-bond acceptors (Lipinski definition) is 3. The van der Waals surface area contributed by atoms with Gasteiger partial charge < -0.3 is 15.2 Å². The summed E-state index contributed by atoms with van der Waals surface area (Å²) in [5.41, 5.74) is 1.51. The zero-order valence-corrected chi connectivity index (χ0v) is 13.7. The third kappa shape index (κ3) is 4.59. The van der Waals surface area contributed by atoms with Gasteiger partial charge in [-0.2, -0.15) is 0 Å². The maximum absolute atomic E-state index is 12.4. The van der Waals surface area contributed by atoms with E-state index in [-0.39, 0.29) is 12.3 Å². The van der Waals surface area contributed by atoms with Crippen LogP contribution in [-0.4, -0.2) is 24.1 Å². The second kappa shape index (κ2) is 8.15. The minimum Gasteiger partial charge on any atom is -0.497 e. The Hall–Kier alpha value is -2.82. The molecule has 2 atom stereocenters. The Balaban J connectivity index is 2.07. The van der Waals surface area contributed by atoms with Gasteiger partial charge in [-0.3, -0.25) is 9.59 Å². The molecule has 5 nitrogen and oxygen atoms in total. The van der Waals surface area contributed by atoms with Crippen molar-refractivity contribution in [2.75, 3.05) is 12.4 Å². The van der Waals surface area contributed by atoms with E-state index in [2.05, 4.69) is 5.32 Å². The molecule has 126 valence electrons. The Bertz CT molecular complexity index is 682. The van der Waals surface area contributed by atoms with Crippen molar-refractivity contribution in [1.29, 1.82) is 0 Å². The summed E-state index contributed by atoms with van der Waals surface area (Å²) in [6, 6.07) is 16.2. The van der Waals surface area contributed by atoms with Crippen LogP contribution in [0.15, 0.2) is 54.6 Å². The zero-order chi connectivity index (χ0) is 17.5. The number of methoxy groups -OCH3 is 1. The number of rotatable bonds is 7. The number of nitrogens with one attached hydrogen (secondary N) is 1. The van der Waals surface area contributed by atoms with Crippen LogP contribution in [0.3, 0.4) is 0 Å². The monoisotopic (exact) mass is 327 g/mol. The smallest absolute Gasteiger partial charge is 0.307 e. The summed E-state index contributed by atoms with van der Waals surface area (Å²) in [6.07, 6.45) is 0.280. The molecule has 2 aromatic rings. The standard InChI is InChI=1S/C19H21NO4/c1-13(18(21)20-15-6-4-3-5-7-15)17(19(22)23)12-14-8-10-16(24-2)11-9-14/h3-11,13,17H,12H2,1-2H3,(H,20,21)(H,22,23)/t13-,17+/m0/s1. The quantitative estimate of drug-likeness (QED) is 0.819. The molecule has 2 N–H and O–H groups in total. The Kier molecular flexibility index (Phi) is 5.95. The van der Waals surface area contributed by atoms with Crippen LogP contribution in [-0.2, 0) is 16.0 Å². The van der Waals surface area contributed by atoms with E-state index in [1.54, 1.807) is 38.3 Å². The number of para-hydroxylation sites is 1. The topological polar surface area (TPSA) is 75.6 Å². The van der Waals surface area contributed by atoms with Crippen molar-refractivity contribution in [2.24, 2.45) is 11.8 Å². The molecule has 0 fully saturated rings.